The van der Waals surface area contributed by atoms with Crippen LogP contribution >= 0.6 is 0 Å². The van der Waals surface area contributed by atoms with Crippen molar-refractivity contribution in [2.24, 2.45) is 0 Å². The van der Waals surface area contributed by atoms with Gasteiger partial charge in [-0.15, -0.1) is 0 Å². The van der Waals surface area contributed by atoms with Gasteiger partial charge in [-0.25, -0.2) is 0 Å². The first-order valence-electron chi connectivity index (χ1n) is 7.14. The van der Waals surface area contributed by atoms with E-state index in [1.165, 1.54) is 5.57 Å². The lowest BCUT2D eigenvalue weighted by Gasteiger charge is -2.12. The molecule has 0 N–H and O–H groups in total. The van der Waals surface area contributed by atoms with Crippen LogP contribution in [0.25, 0.3) is 10.8 Å². The van der Waals surface area contributed by atoms with Gasteiger partial charge in [-0.2, -0.15) is 5.26 Å². The average molecular weight is 274 g/mol. The standard InChI is InChI=1S/C19H18N2/c1-21(2)13-14-7-8-16(11-14)18-10-9-15-5-3-4-6-17(15)19(18)12-20/h3-11,16H,13H2,1-2H3. The predicted octanol–water partition coefficient (Wildman–Crippen LogP) is 3.85. The van der Waals surface area contributed by atoms with Gasteiger partial charge in [0, 0.05) is 12.5 Å². The molecule has 0 aromatic heterocycles. The van der Waals surface area contributed by atoms with Crippen molar-refractivity contribution in [3.05, 3.63) is 71.3 Å². The Kier molecular flexibility index (Phi) is 3.60. The molecule has 0 heterocycles. The second kappa shape index (κ2) is 5.55. The second-order valence-corrected chi connectivity index (χ2v) is 5.73. The molecule has 2 aromatic carbocycles. The van der Waals surface area contributed by atoms with E-state index in [2.05, 4.69) is 61.5 Å². The third-order valence-corrected chi connectivity index (χ3v) is 3.84. The largest absolute Gasteiger partial charge is 0.305 e. The number of nitriles is 1. The Morgan fingerprint density at radius 2 is 1.95 bits per heavy atom. The van der Waals surface area contributed by atoms with Crippen LogP contribution in [0.3, 0.4) is 0 Å². The molecule has 0 saturated carbocycles. The van der Waals surface area contributed by atoms with Crippen molar-refractivity contribution in [3.63, 3.8) is 0 Å². The number of likely N-dealkylation sites (N-methyl/N-ethyl adjacent to an activating group) is 1. The van der Waals surface area contributed by atoms with Crippen LogP contribution in [0.1, 0.15) is 17.0 Å². The Balaban J connectivity index is 2.05. The van der Waals surface area contributed by atoms with E-state index >= 15 is 0 Å². The molecule has 1 aliphatic rings. The highest BCUT2D eigenvalue weighted by Gasteiger charge is 2.17. The molecule has 2 heteroatoms. The van der Waals surface area contributed by atoms with Crippen LogP contribution < -0.4 is 0 Å². The fraction of sp³-hybridized carbons (Fsp3) is 0.211. The number of nitrogens with zero attached hydrogens (tertiary/aromatic N) is 2. The zero-order chi connectivity index (χ0) is 14.8. The van der Waals surface area contributed by atoms with Crippen molar-refractivity contribution >= 4 is 10.8 Å². The van der Waals surface area contributed by atoms with E-state index in [4.69, 9.17) is 0 Å². The fourth-order valence-electron chi connectivity index (χ4n) is 2.92. The Hall–Kier alpha value is -2.37. The minimum absolute atomic E-state index is 0.208. The summed E-state index contributed by atoms with van der Waals surface area (Å²) in [6.45, 7) is 0.933. The monoisotopic (exact) mass is 274 g/mol. The Bertz CT molecular complexity index is 776. The van der Waals surface area contributed by atoms with Crippen molar-refractivity contribution in [2.45, 2.75) is 5.92 Å². The summed E-state index contributed by atoms with van der Waals surface area (Å²) in [7, 11) is 4.14. The molecule has 21 heavy (non-hydrogen) atoms. The van der Waals surface area contributed by atoms with Gasteiger partial charge in [-0.05, 0) is 36.0 Å². The minimum atomic E-state index is 0.208. The van der Waals surface area contributed by atoms with Gasteiger partial charge in [0.2, 0.25) is 0 Å². The van der Waals surface area contributed by atoms with Gasteiger partial charge in [0.15, 0.2) is 0 Å². The highest BCUT2D eigenvalue weighted by Crippen LogP contribution is 2.32. The van der Waals surface area contributed by atoms with Gasteiger partial charge in [0.1, 0.15) is 6.07 Å². The van der Waals surface area contributed by atoms with Crippen LogP contribution in [0.5, 0.6) is 0 Å². The van der Waals surface area contributed by atoms with Crippen molar-refractivity contribution in [1.82, 2.24) is 4.90 Å². The molecule has 0 amide bonds. The van der Waals surface area contributed by atoms with Crippen molar-refractivity contribution < 1.29 is 0 Å². The van der Waals surface area contributed by atoms with Gasteiger partial charge in [0.25, 0.3) is 0 Å². The number of hydrogen-bond acceptors (Lipinski definition) is 2. The smallest absolute Gasteiger partial charge is 0.100 e. The van der Waals surface area contributed by atoms with Gasteiger partial charge in [-0.1, -0.05) is 54.6 Å². The lowest BCUT2D eigenvalue weighted by Crippen LogP contribution is -2.13. The Labute approximate surface area is 125 Å². The van der Waals surface area contributed by atoms with Crippen LogP contribution in [0.4, 0.5) is 0 Å². The maximum atomic E-state index is 9.59. The van der Waals surface area contributed by atoms with Crippen molar-refractivity contribution in [1.29, 1.82) is 5.26 Å². The number of allylic oxidation sites excluding steroid dienone is 2. The van der Waals surface area contributed by atoms with Gasteiger partial charge in [-0.3, -0.25) is 0 Å². The molecule has 0 bridgehead atoms. The number of hydrogen-bond donors (Lipinski definition) is 0. The molecule has 1 unspecified atom stereocenters. The molecule has 0 radical (unpaired) electrons. The van der Waals surface area contributed by atoms with Crippen LogP contribution in [0, 0.1) is 11.3 Å². The molecule has 0 saturated heterocycles. The maximum Gasteiger partial charge on any atom is 0.100 e. The van der Waals surface area contributed by atoms with Gasteiger partial charge in [0.05, 0.1) is 5.56 Å². The zero-order valence-corrected chi connectivity index (χ0v) is 12.4. The molecule has 0 aliphatic heterocycles. The summed E-state index contributed by atoms with van der Waals surface area (Å²) in [5.74, 6) is 0.208. The summed E-state index contributed by atoms with van der Waals surface area (Å²) in [5.41, 5.74) is 3.20. The number of benzene rings is 2. The van der Waals surface area contributed by atoms with Crippen LogP contribution in [-0.4, -0.2) is 25.5 Å². The summed E-state index contributed by atoms with van der Waals surface area (Å²) < 4.78 is 0. The molecule has 1 aliphatic carbocycles. The third-order valence-electron chi connectivity index (χ3n) is 3.84. The molecule has 104 valence electrons. The van der Waals surface area contributed by atoms with Crippen LogP contribution in [-0.2, 0) is 0 Å². The molecule has 2 aromatic rings. The van der Waals surface area contributed by atoms with E-state index in [1.54, 1.807) is 0 Å². The van der Waals surface area contributed by atoms with E-state index < -0.39 is 0 Å². The quantitative estimate of drug-likeness (QED) is 0.850. The maximum absolute atomic E-state index is 9.59. The van der Waals surface area contributed by atoms with E-state index in [0.717, 1.165) is 28.4 Å². The van der Waals surface area contributed by atoms with Crippen molar-refractivity contribution in [2.75, 3.05) is 20.6 Å². The molecule has 0 fully saturated rings. The minimum Gasteiger partial charge on any atom is -0.305 e. The van der Waals surface area contributed by atoms with Crippen LogP contribution in [0.15, 0.2) is 60.2 Å². The fourth-order valence-corrected chi connectivity index (χ4v) is 2.92. The van der Waals surface area contributed by atoms with E-state index in [9.17, 15) is 5.26 Å². The molecule has 0 spiro atoms. The summed E-state index contributed by atoms with van der Waals surface area (Å²) in [5, 5.41) is 11.7. The Morgan fingerprint density at radius 1 is 1.14 bits per heavy atom. The summed E-state index contributed by atoms with van der Waals surface area (Å²) >= 11 is 0. The van der Waals surface area contributed by atoms with E-state index in [-0.39, 0.29) is 5.92 Å². The third kappa shape index (κ3) is 2.61. The molecule has 2 nitrogen and oxygen atoms in total. The topological polar surface area (TPSA) is 27.0 Å². The van der Waals surface area contributed by atoms with E-state index in [1.807, 2.05) is 18.2 Å². The molecule has 1 atom stereocenters. The average Bonchev–Trinajstić information content (AvgIpc) is 2.93. The second-order valence-electron chi connectivity index (χ2n) is 5.73. The molecular weight excluding hydrogens is 256 g/mol. The highest BCUT2D eigenvalue weighted by atomic mass is 15.0. The van der Waals surface area contributed by atoms with Crippen LogP contribution in [0.2, 0.25) is 0 Å². The van der Waals surface area contributed by atoms with Crippen molar-refractivity contribution in [3.8, 4) is 6.07 Å². The first kappa shape index (κ1) is 13.6. The molecular formula is C19H18N2. The SMILES string of the molecule is CN(C)CC1=CC(c2ccc3ccccc3c2C#N)C=C1. The molecule has 3 rings (SSSR count). The van der Waals surface area contributed by atoms with Gasteiger partial charge >= 0.3 is 0 Å². The zero-order valence-electron chi connectivity index (χ0n) is 12.4. The number of fused-ring (bicyclic) bond motifs is 1. The van der Waals surface area contributed by atoms with Gasteiger partial charge < -0.3 is 4.90 Å². The summed E-state index contributed by atoms with van der Waals surface area (Å²) in [6, 6.07) is 14.7. The Morgan fingerprint density at radius 3 is 2.71 bits per heavy atom. The predicted molar refractivity (Wildman–Crippen MR) is 87.2 cm³/mol. The first-order valence-corrected chi connectivity index (χ1v) is 7.14. The highest BCUT2D eigenvalue weighted by molar-refractivity contribution is 5.89. The lowest BCUT2D eigenvalue weighted by atomic mass is 9.91. The lowest BCUT2D eigenvalue weighted by molar-refractivity contribution is 0.449. The first-order chi connectivity index (χ1) is 10.2. The number of rotatable bonds is 3. The summed E-state index contributed by atoms with van der Waals surface area (Å²) in [4.78, 5) is 2.16. The van der Waals surface area contributed by atoms with E-state index in [0.29, 0.717) is 0 Å². The normalized spacial score (nSPS) is 17.2. The summed E-state index contributed by atoms with van der Waals surface area (Å²) in [6.07, 6.45) is 6.61.